The first kappa shape index (κ1) is 23.8. The number of hydrogen-bond donors (Lipinski definition) is 2. The highest BCUT2D eigenvalue weighted by Gasteiger charge is 2.19. The Kier molecular flexibility index (Phi) is 7.01. The average molecular weight is 469 g/mol. The number of furan rings is 1. The molecule has 0 saturated carbocycles. The number of nitrogens with one attached hydrogen (secondary N) is 2. The molecule has 0 aliphatic carbocycles. The molecular formula is C29H28N2O4. The number of amides is 2. The standard InChI is InChI=1S/C29H28N2O4/c1-5-34-28-19(3)29-25(26(17-35-29)21-10-7-6-8-11-21)16-24(28)18(2)14-27(33)31-23-13-9-12-22(15-23)30-20(4)32/h6-17H,5H2,1-4H3,(H,30,32)(H,31,33)/b18-14+. The van der Waals surface area contributed by atoms with Gasteiger partial charge in [0.2, 0.25) is 11.8 Å². The van der Waals surface area contributed by atoms with Crippen LogP contribution in [0.15, 0.2) is 77.4 Å². The van der Waals surface area contributed by atoms with Crippen molar-refractivity contribution in [1.82, 2.24) is 0 Å². The van der Waals surface area contributed by atoms with Crippen molar-refractivity contribution in [2.45, 2.75) is 27.7 Å². The van der Waals surface area contributed by atoms with Crippen LogP contribution in [0.1, 0.15) is 31.9 Å². The van der Waals surface area contributed by atoms with E-state index in [1.807, 2.05) is 57.2 Å². The van der Waals surface area contributed by atoms with Gasteiger partial charge in [-0.3, -0.25) is 9.59 Å². The molecule has 4 aromatic rings. The predicted molar refractivity (Wildman–Crippen MR) is 141 cm³/mol. The topological polar surface area (TPSA) is 80.6 Å². The van der Waals surface area contributed by atoms with Gasteiger partial charge in [0.05, 0.1) is 12.9 Å². The van der Waals surface area contributed by atoms with Gasteiger partial charge < -0.3 is 19.8 Å². The molecule has 0 spiro atoms. The lowest BCUT2D eigenvalue weighted by molar-refractivity contribution is -0.114. The van der Waals surface area contributed by atoms with Crippen molar-refractivity contribution in [2.75, 3.05) is 17.2 Å². The van der Waals surface area contributed by atoms with Gasteiger partial charge in [0, 0.05) is 46.5 Å². The predicted octanol–water partition coefficient (Wildman–Crippen LogP) is 6.81. The molecule has 2 amide bonds. The summed E-state index contributed by atoms with van der Waals surface area (Å²) in [6.07, 6.45) is 3.32. The number of rotatable bonds is 7. The Morgan fingerprint density at radius 2 is 1.69 bits per heavy atom. The maximum atomic E-state index is 12.9. The van der Waals surface area contributed by atoms with Crippen LogP contribution >= 0.6 is 0 Å². The van der Waals surface area contributed by atoms with Crippen LogP contribution in [0.25, 0.3) is 27.7 Å². The summed E-state index contributed by atoms with van der Waals surface area (Å²) in [7, 11) is 0. The summed E-state index contributed by atoms with van der Waals surface area (Å²) in [5.41, 5.74) is 6.49. The lowest BCUT2D eigenvalue weighted by Crippen LogP contribution is -2.10. The molecule has 0 aliphatic heterocycles. The highest BCUT2D eigenvalue weighted by atomic mass is 16.5. The summed E-state index contributed by atoms with van der Waals surface area (Å²) in [4.78, 5) is 24.2. The van der Waals surface area contributed by atoms with Gasteiger partial charge in [-0.1, -0.05) is 36.4 Å². The maximum absolute atomic E-state index is 12.9. The van der Waals surface area contributed by atoms with Crippen molar-refractivity contribution in [3.8, 4) is 16.9 Å². The van der Waals surface area contributed by atoms with Crippen LogP contribution in [-0.2, 0) is 9.59 Å². The van der Waals surface area contributed by atoms with E-state index in [0.29, 0.717) is 23.7 Å². The third-order valence-electron chi connectivity index (χ3n) is 5.64. The summed E-state index contributed by atoms with van der Waals surface area (Å²) in [6, 6.07) is 19.1. The fourth-order valence-electron chi connectivity index (χ4n) is 4.11. The summed E-state index contributed by atoms with van der Waals surface area (Å²) >= 11 is 0. The molecule has 4 rings (SSSR count). The second-order valence-electron chi connectivity index (χ2n) is 8.28. The van der Waals surface area contributed by atoms with Gasteiger partial charge in [-0.05, 0) is 56.2 Å². The third-order valence-corrected chi connectivity index (χ3v) is 5.64. The van der Waals surface area contributed by atoms with E-state index in [2.05, 4.69) is 10.6 Å². The van der Waals surface area contributed by atoms with E-state index in [-0.39, 0.29) is 11.8 Å². The normalized spacial score (nSPS) is 11.4. The molecule has 6 heteroatoms. The fourth-order valence-corrected chi connectivity index (χ4v) is 4.11. The molecule has 3 aromatic carbocycles. The molecule has 0 fully saturated rings. The summed E-state index contributed by atoms with van der Waals surface area (Å²) in [5.74, 6) is 0.244. The molecule has 0 radical (unpaired) electrons. The second-order valence-corrected chi connectivity index (χ2v) is 8.28. The Labute approximate surface area is 204 Å². The SMILES string of the molecule is CCOc1c(/C(C)=C/C(=O)Nc2cccc(NC(C)=O)c2)cc2c(-c3ccccc3)coc2c1C. The van der Waals surface area contributed by atoms with Crippen molar-refractivity contribution in [1.29, 1.82) is 0 Å². The lowest BCUT2D eigenvalue weighted by atomic mass is 9.96. The summed E-state index contributed by atoms with van der Waals surface area (Å²) < 4.78 is 11.9. The van der Waals surface area contributed by atoms with E-state index in [0.717, 1.165) is 38.8 Å². The Hall–Kier alpha value is -4.32. The minimum Gasteiger partial charge on any atom is -0.493 e. The van der Waals surface area contributed by atoms with E-state index in [1.54, 1.807) is 36.6 Å². The number of hydrogen-bond acceptors (Lipinski definition) is 4. The van der Waals surface area contributed by atoms with E-state index in [4.69, 9.17) is 9.15 Å². The van der Waals surface area contributed by atoms with Crippen LogP contribution < -0.4 is 15.4 Å². The van der Waals surface area contributed by atoms with Crippen LogP contribution in [0.4, 0.5) is 11.4 Å². The zero-order valence-electron chi connectivity index (χ0n) is 20.3. The summed E-state index contributed by atoms with van der Waals surface area (Å²) in [6.45, 7) is 7.71. The van der Waals surface area contributed by atoms with Crippen molar-refractivity contribution in [2.24, 2.45) is 0 Å². The first-order valence-corrected chi connectivity index (χ1v) is 11.5. The first-order chi connectivity index (χ1) is 16.9. The number of allylic oxidation sites excluding steroid dienone is 1. The minimum absolute atomic E-state index is 0.174. The molecule has 0 bridgehead atoms. The molecule has 0 saturated heterocycles. The smallest absolute Gasteiger partial charge is 0.248 e. The van der Waals surface area contributed by atoms with E-state index in [1.165, 1.54) is 6.92 Å². The number of carbonyl (C=O) groups is 2. The molecular weight excluding hydrogens is 440 g/mol. The number of benzene rings is 3. The third kappa shape index (κ3) is 5.27. The number of ether oxygens (including phenoxy) is 1. The number of aryl methyl sites for hydroxylation is 1. The fraction of sp³-hybridized carbons (Fsp3) is 0.172. The van der Waals surface area contributed by atoms with Gasteiger partial charge in [0.15, 0.2) is 0 Å². The van der Waals surface area contributed by atoms with Gasteiger partial charge in [0.1, 0.15) is 11.3 Å². The number of anilines is 2. The van der Waals surface area contributed by atoms with Crippen LogP contribution in [0.3, 0.4) is 0 Å². The van der Waals surface area contributed by atoms with E-state index in [9.17, 15) is 9.59 Å². The zero-order valence-corrected chi connectivity index (χ0v) is 20.3. The van der Waals surface area contributed by atoms with Gasteiger partial charge >= 0.3 is 0 Å². The Morgan fingerprint density at radius 1 is 0.971 bits per heavy atom. The molecule has 1 heterocycles. The van der Waals surface area contributed by atoms with Crippen molar-refractivity contribution in [3.63, 3.8) is 0 Å². The van der Waals surface area contributed by atoms with E-state index < -0.39 is 0 Å². The second kappa shape index (κ2) is 10.3. The first-order valence-electron chi connectivity index (χ1n) is 11.5. The van der Waals surface area contributed by atoms with E-state index >= 15 is 0 Å². The lowest BCUT2D eigenvalue weighted by Gasteiger charge is -2.15. The molecule has 1 aromatic heterocycles. The zero-order chi connectivity index (χ0) is 24.9. The monoisotopic (exact) mass is 468 g/mol. The molecule has 35 heavy (non-hydrogen) atoms. The van der Waals surface area contributed by atoms with Crippen molar-refractivity contribution < 1.29 is 18.7 Å². The van der Waals surface area contributed by atoms with Crippen molar-refractivity contribution in [3.05, 3.63) is 84.1 Å². The molecule has 6 nitrogen and oxygen atoms in total. The van der Waals surface area contributed by atoms with Gasteiger partial charge in [-0.25, -0.2) is 0 Å². The Balaban J connectivity index is 1.71. The Morgan fingerprint density at radius 3 is 2.37 bits per heavy atom. The minimum atomic E-state index is -0.279. The molecule has 2 N–H and O–H groups in total. The Bertz CT molecular complexity index is 1420. The van der Waals surface area contributed by atoms with Crippen molar-refractivity contribution >= 4 is 39.7 Å². The highest BCUT2D eigenvalue weighted by Crippen LogP contribution is 2.40. The maximum Gasteiger partial charge on any atom is 0.248 e. The molecule has 0 aliphatic rings. The van der Waals surface area contributed by atoms with Gasteiger partial charge in [0.25, 0.3) is 0 Å². The largest absolute Gasteiger partial charge is 0.493 e. The van der Waals surface area contributed by atoms with Crippen LogP contribution in [-0.4, -0.2) is 18.4 Å². The number of fused-ring (bicyclic) bond motifs is 1. The van der Waals surface area contributed by atoms with Crippen LogP contribution in [0, 0.1) is 6.92 Å². The van der Waals surface area contributed by atoms with Gasteiger partial charge in [-0.15, -0.1) is 0 Å². The van der Waals surface area contributed by atoms with Crippen LogP contribution in [0.5, 0.6) is 5.75 Å². The van der Waals surface area contributed by atoms with Crippen LogP contribution in [0.2, 0.25) is 0 Å². The molecule has 178 valence electrons. The quantitative estimate of drug-likeness (QED) is 0.292. The molecule has 0 unspecified atom stereocenters. The average Bonchev–Trinajstić information content (AvgIpc) is 3.25. The molecule has 0 atom stereocenters. The van der Waals surface area contributed by atoms with Gasteiger partial charge in [-0.2, -0.15) is 0 Å². The summed E-state index contributed by atoms with van der Waals surface area (Å²) in [5, 5.41) is 6.54. The highest BCUT2D eigenvalue weighted by molar-refractivity contribution is 6.06. The number of carbonyl (C=O) groups excluding carboxylic acids is 2.